The first-order valence-corrected chi connectivity index (χ1v) is 11.0. The lowest BCUT2D eigenvalue weighted by molar-refractivity contribution is -0.139. The zero-order chi connectivity index (χ0) is 24.1. The van der Waals surface area contributed by atoms with Crippen molar-refractivity contribution in [2.75, 3.05) is 11.5 Å². The molecule has 2 aromatic rings. The minimum atomic E-state index is -1.31. The van der Waals surface area contributed by atoms with Crippen LogP contribution in [0.25, 0.3) is 0 Å². The summed E-state index contributed by atoms with van der Waals surface area (Å²) in [7, 11) is 0. The summed E-state index contributed by atoms with van der Waals surface area (Å²) in [5.41, 5.74) is 1.48. The van der Waals surface area contributed by atoms with Crippen LogP contribution < -0.4 is 10.6 Å². The molecule has 0 fully saturated rings. The fourth-order valence-corrected chi connectivity index (χ4v) is 3.53. The number of rotatable bonds is 12. The van der Waals surface area contributed by atoms with Gasteiger partial charge in [-0.2, -0.15) is 11.8 Å². The van der Waals surface area contributed by atoms with Crippen LogP contribution in [0.15, 0.2) is 60.7 Å². The van der Waals surface area contributed by atoms with E-state index in [1.807, 2.05) is 12.1 Å². The maximum Gasteiger partial charge on any atom is 0.408 e. The smallest absolute Gasteiger partial charge is 0.408 e. The van der Waals surface area contributed by atoms with Gasteiger partial charge in [-0.1, -0.05) is 60.7 Å². The van der Waals surface area contributed by atoms with E-state index in [1.165, 1.54) is 0 Å². The molecule has 2 rings (SSSR count). The standard InChI is InChI=1S/C22H24N2O8S/c25-19(26)17(23-21(29)31-11-15-7-3-1-4-8-15)13-33-14-18(20(27)28)24-22(30)32-12-16-9-5-2-6-10-16/h1-10,17-18H,11-14H2,(H,23,29)(H,24,30)(H,25,26)(H,27,28). The lowest BCUT2D eigenvalue weighted by atomic mass is 10.2. The maximum absolute atomic E-state index is 11.9. The molecule has 0 aliphatic heterocycles. The van der Waals surface area contributed by atoms with Gasteiger partial charge < -0.3 is 30.3 Å². The number of carboxylic acid groups (broad SMARTS) is 2. The minimum Gasteiger partial charge on any atom is -0.480 e. The van der Waals surface area contributed by atoms with Crippen LogP contribution in [0.5, 0.6) is 0 Å². The highest BCUT2D eigenvalue weighted by Crippen LogP contribution is 2.08. The number of carbonyl (C=O) groups excluding carboxylic acids is 2. The number of aliphatic carboxylic acids is 2. The molecule has 0 radical (unpaired) electrons. The number of thioether (sulfide) groups is 1. The highest BCUT2D eigenvalue weighted by molar-refractivity contribution is 7.99. The van der Waals surface area contributed by atoms with Crippen LogP contribution in [-0.2, 0) is 32.3 Å². The molecule has 176 valence electrons. The second kappa shape index (κ2) is 13.6. The molecular formula is C22H24N2O8S. The Morgan fingerprint density at radius 3 is 1.39 bits per heavy atom. The highest BCUT2D eigenvalue weighted by atomic mass is 32.2. The summed E-state index contributed by atoms with van der Waals surface area (Å²) < 4.78 is 10.0. The van der Waals surface area contributed by atoms with Crippen molar-refractivity contribution in [3.63, 3.8) is 0 Å². The van der Waals surface area contributed by atoms with Gasteiger partial charge in [-0.15, -0.1) is 0 Å². The van der Waals surface area contributed by atoms with E-state index in [0.29, 0.717) is 0 Å². The highest BCUT2D eigenvalue weighted by Gasteiger charge is 2.24. The Bertz CT molecular complexity index is 851. The second-order valence-corrected chi connectivity index (χ2v) is 7.81. The van der Waals surface area contributed by atoms with E-state index in [4.69, 9.17) is 9.47 Å². The van der Waals surface area contributed by atoms with Gasteiger partial charge in [-0.05, 0) is 11.1 Å². The molecule has 10 nitrogen and oxygen atoms in total. The third-order valence-electron chi connectivity index (χ3n) is 4.17. The molecular weight excluding hydrogens is 452 g/mol. The SMILES string of the molecule is O=C(NC(CSCC(NC(=O)OCc1ccccc1)C(=O)O)C(=O)O)OCc1ccccc1. The molecule has 0 saturated heterocycles. The number of amides is 2. The van der Waals surface area contributed by atoms with Crippen LogP contribution >= 0.6 is 11.8 Å². The van der Waals surface area contributed by atoms with Crippen molar-refractivity contribution in [3.8, 4) is 0 Å². The number of hydrogen-bond acceptors (Lipinski definition) is 7. The Morgan fingerprint density at radius 1 is 0.697 bits per heavy atom. The van der Waals surface area contributed by atoms with E-state index >= 15 is 0 Å². The Morgan fingerprint density at radius 2 is 1.06 bits per heavy atom. The predicted octanol–water partition coefficient (Wildman–Crippen LogP) is 2.48. The second-order valence-electron chi connectivity index (χ2n) is 6.73. The summed E-state index contributed by atoms with van der Waals surface area (Å²) in [6.07, 6.45) is -1.83. The van der Waals surface area contributed by atoms with Crippen molar-refractivity contribution < 1.29 is 38.9 Å². The van der Waals surface area contributed by atoms with Crippen molar-refractivity contribution >= 4 is 35.9 Å². The average molecular weight is 477 g/mol. The Balaban J connectivity index is 1.76. The zero-order valence-corrected chi connectivity index (χ0v) is 18.3. The first-order valence-electron chi connectivity index (χ1n) is 9.83. The number of alkyl carbamates (subject to hydrolysis) is 2. The Kier molecular flexibility index (Phi) is 10.5. The third kappa shape index (κ3) is 9.95. The van der Waals surface area contributed by atoms with Crippen molar-refractivity contribution in [2.24, 2.45) is 0 Å². The summed E-state index contributed by atoms with van der Waals surface area (Å²) in [5.74, 6) is -2.89. The van der Waals surface area contributed by atoms with E-state index in [2.05, 4.69) is 10.6 Å². The molecule has 33 heavy (non-hydrogen) atoms. The fourth-order valence-electron chi connectivity index (χ4n) is 2.47. The van der Waals surface area contributed by atoms with Gasteiger partial charge in [0.1, 0.15) is 25.3 Å². The lowest BCUT2D eigenvalue weighted by Crippen LogP contribution is -2.45. The van der Waals surface area contributed by atoms with Gasteiger partial charge in [0.05, 0.1) is 0 Å². The molecule has 0 aromatic heterocycles. The molecule has 0 heterocycles. The van der Waals surface area contributed by atoms with E-state index in [1.54, 1.807) is 48.5 Å². The number of ether oxygens (including phenoxy) is 2. The molecule has 2 unspecified atom stereocenters. The van der Waals surface area contributed by atoms with Crippen LogP contribution in [0.2, 0.25) is 0 Å². The van der Waals surface area contributed by atoms with Crippen LogP contribution in [0.3, 0.4) is 0 Å². The molecule has 0 bridgehead atoms. The van der Waals surface area contributed by atoms with E-state index in [9.17, 15) is 29.4 Å². The molecule has 11 heteroatoms. The number of hydrogen-bond donors (Lipinski definition) is 4. The number of nitrogens with one attached hydrogen (secondary N) is 2. The quantitative estimate of drug-likeness (QED) is 0.362. The summed E-state index contributed by atoms with van der Waals surface area (Å²) >= 11 is 0.937. The number of benzene rings is 2. The summed E-state index contributed by atoms with van der Waals surface area (Å²) in [6.45, 7) is -0.0511. The van der Waals surface area contributed by atoms with E-state index in [0.717, 1.165) is 22.9 Å². The van der Waals surface area contributed by atoms with Crippen molar-refractivity contribution in [2.45, 2.75) is 25.3 Å². The molecule has 2 aromatic carbocycles. The number of carbonyl (C=O) groups is 4. The van der Waals surface area contributed by atoms with Crippen molar-refractivity contribution in [1.82, 2.24) is 10.6 Å². The Labute approximate surface area is 194 Å². The topological polar surface area (TPSA) is 151 Å². The van der Waals surface area contributed by atoms with Crippen LogP contribution in [0, 0.1) is 0 Å². The predicted molar refractivity (Wildman–Crippen MR) is 120 cm³/mol. The molecule has 0 aliphatic carbocycles. The molecule has 4 N–H and O–H groups in total. The first kappa shape index (κ1) is 25.5. The molecule has 2 amide bonds. The van der Waals surface area contributed by atoms with Crippen LogP contribution in [0.4, 0.5) is 9.59 Å². The fraction of sp³-hybridized carbons (Fsp3) is 0.273. The van der Waals surface area contributed by atoms with Crippen LogP contribution in [0.1, 0.15) is 11.1 Å². The number of carboxylic acids is 2. The van der Waals surface area contributed by atoms with Gasteiger partial charge in [0, 0.05) is 11.5 Å². The first-order chi connectivity index (χ1) is 15.8. The monoisotopic (exact) mass is 476 g/mol. The zero-order valence-electron chi connectivity index (χ0n) is 17.5. The van der Waals surface area contributed by atoms with Crippen LogP contribution in [-0.4, -0.2) is 57.9 Å². The van der Waals surface area contributed by atoms with Gasteiger partial charge in [-0.3, -0.25) is 0 Å². The third-order valence-corrected chi connectivity index (χ3v) is 5.31. The maximum atomic E-state index is 11.9. The van der Waals surface area contributed by atoms with Gasteiger partial charge >= 0.3 is 24.1 Å². The largest absolute Gasteiger partial charge is 0.480 e. The summed E-state index contributed by atoms with van der Waals surface area (Å²) in [4.78, 5) is 46.6. The van der Waals surface area contributed by atoms with E-state index in [-0.39, 0.29) is 24.7 Å². The molecule has 0 spiro atoms. The van der Waals surface area contributed by atoms with Gasteiger partial charge in [0.15, 0.2) is 0 Å². The Hall–Kier alpha value is -3.73. The van der Waals surface area contributed by atoms with Gasteiger partial charge in [0.25, 0.3) is 0 Å². The lowest BCUT2D eigenvalue weighted by Gasteiger charge is -2.17. The summed E-state index contributed by atoms with van der Waals surface area (Å²) in [5, 5.41) is 23.1. The summed E-state index contributed by atoms with van der Waals surface area (Å²) in [6, 6.07) is 15.1. The van der Waals surface area contributed by atoms with Gasteiger partial charge in [0.2, 0.25) is 0 Å². The average Bonchev–Trinajstić information content (AvgIpc) is 2.81. The van der Waals surface area contributed by atoms with Gasteiger partial charge in [-0.25, -0.2) is 19.2 Å². The van der Waals surface area contributed by atoms with Crippen molar-refractivity contribution in [3.05, 3.63) is 71.8 Å². The molecule has 2 atom stereocenters. The van der Waals surface area contributed by atoms with Crippen molar-refractivity contribution in [1.29, 1.82) is 0 Å². The van der Waals surface area contributed by atoms with E-state index < -0.39 is 36.2 Å². The molecule has 0 saturated carbocycles. The minimum absolute atomic E-state index is 0.0255. The molecule has 0 aliphatic rings. The normalized spacial score (nSPS) is 12.1.